The van der Waals surface area contributed by atoms with Crippen LogP contribution in [0.2, 0.25) is 0 Å². The number of aryl methyl sites for hydroxylation is 3. The molecule has 1 fully saturated rings. The van der Waals surface area contributed by atoms with Gasteiger partial charge in [0, 0.05) is 38.4 Å². The van der Waals surface area contributed by atoms with Crippen molar-refractivity contribution >= 4 is 5.96 Å². The average molecular weight is 411 g/mol. The fraction of sp³-hybridized carbons (Fsp3) is 0.500. The fourth-order valence-corrected chi connectivity index (χ4v) is 3.87. The first-order valence-electron chi connectivity index (χ1n) is 11.0. The van der Waals surface area contributed by atoms with Crippen molar-refractivity contribution < 1.29 is 4.74 Å². The minimum atomic E-state index is 0.0556. The largest absolute Gasteiger partial charge is 0.370 e. The molecule has 1 aromatic carbocycles. The van der Waals surface area contributed by atoms with E-state index in [4.69, 9.17) is 9.73 Å². The first-order chi connectivity index (χ1) is 14.6. The Labute approximate surface area is 179 Å². The summed E-state index contributed by atoms with van der Waals surface area (Å²) in [5, 5.41) is 3.43. The molecule has 1 aliphatic rings. The van der Waals surface area contributed by atoms with E-state index >= 15 is 0 Å². The molecule has 0 bridgehead atoms. The maximum Gasteiger partial charge on any atom is 0.250 e. The first-order valence-corrected chi connectivity index (χ1v) is 11.0. The van der Waals surface area contributed by atoms with Crippen molar-refractivity contribution in [3.05, 3.63) is 69.6 Å². The zero-order chi connectivity index (χ0) is 21.3. The Morgan fingerprint density at radius 1 is 1.23 bits per heavy atom. The SMILES string of the molecule is CCNC(=NCCCCn1ccccc1=O)N1CCOC(c2ccc(C)cc2C)C1. The van der Waals surface area contributed by atoms with Crippen LogP contribution < -0.4 is 10.9 Å². The van der Waals surface area contributed by atoms with Crippen molar-refractivity contribution in [2.24, 2.45) is 4.99 Å². The maximum atomic E-state index is 11.8. The van der Waals surface area contributed by atoms with Gasteiger partial charge in [0.15, 0.2) is 5.96 Å². The molecule has 0 spiro atoms. The molecule has 6 heteroatoms. The van der Waals surface area contributed by atoms with E-state index in [2.05, 4.69) is 49.2 Å². The molecule has 0 saturated carbocycles. The quantitative estimate of drug-likeness (QED) is 0.432. The molecule has 30 heavy (non-hydrogen) atoms. The van der Waals surface area contributed by atoms with Gasteiger partial charge in [0.25, 0.3) is 0 Å². The Bertz CT molecular complexity index is 906. The highest BCUT2D eigenvalue weighted by Gasteiger charge is 2.25. The van der Waals surface area contributed by atoms with Gasteiger partial charge in [-0.1, -0.05) is 29.8 Å². The average Bonchev–Trinajstić information content (AvgIpc) is 2.74. The number of guanidine groups is 1. The molecule has 0 aliphatic carbocycles. The summed E-state index contributed by atoms with van der Waals surface area (Å²) in [7, 11) is 0. The minimum absolute atomic E-state index is 0.0556. The highest BCUT2D eigenvalue weighted by atomic mass is 16.5. The number of morpholine rings is 1. The molecule has 0 amide bonds. The predicted octanol–water partition coefficient (Wildman–Crippen LogP) is 3.28. The van der Waals surface area contributed by atoms with Crippen LogP contribution in [0, 0.1) is 13.8 Å². The number of unbranched alkanes of at least 4 members (excludes halogenated alkanes) is 1. The summed E-state index contributed by atoms with van der Waals surface area (Å²) in [6.07, 6.45) is 3.78. The van der Waals surface area contributed by atoms with Gasteiger partial charge in [-0.15, -0.1) is 0 Å². The third-order valence-corrected chi connectivity index (χ3v) is 5.44. The van der Waals surface area contributed by atoms with Crippen LogP contribution in [-0.4, -0.2) is 48.2 Å². The number of hydrogen-bond acceptors (Lipinski definition) is 3. The normalized spacial score (nSPS) is 17.2. The fourth-order valence-electron chi connectivity index (χ4n) is 3.87. The van der Waals surface area contributed by atoms with E-state index in [9.17, 15) is 4.79 Å². The number of aliphatic imine (C=N–C) groups is 1. The lowest BCUT2D eigenvalue weighted by Gasteiger charge is -2.36. The van der Waals surface area contributed by atoms with Gasteiger partial charge in [-0.3, -0.25) is 9.79 Å². The monoisotopic (exact) mass is 410 g/mol. The molecule has 6 nitrogen and oxygen atoms in total. The van der Waals surface area contributed by atoms with E-state index in [0.29, 0.717) is 6.61 Å². The molecular formula is C24H34N4O2. The number of nitrogens with zero attached hydrogens (tertiary/aromatic N) is 3. The van der Waals surface area contributed by atoms with Crippen LogP contribution in [0.5, 0.6) is 0 Å². The molecule has 1 unspecified atom stereocenters. The van der Waals surface area contributed by atoms with Crippen molar-refractivity contribution in [1.29, 1.82) is 0 Å². The number of rotatable bonds is 7. The van der Waals surface area contributed by atoms with Crippen LogP contribution in [0.1, 0.15) is 42.6 Å². The summed E-state index contributed by atoms with van der Waals surface area (Å²) < 4.78 is 7.85. The smallest absolute Gasteiger partial charge is 0.250 e. The third kappa shape index (κ3) is 5.95. The summed E-state index contributed by atoms with van der Waals surface area (Å²) >= 11 is 0. The lowest BCUT2D eigenvalue weighted by molar-refractivity contribution is -0.00833. The van der Waals surface area contributed by atoms with Gasteiger partial charge in [0.05, 0.1) is 13.2 Å². The van der Waals surface area contributed by atoms with Gasteiger partial charge < -0.3 is 19.5 Å². The topological polar surface area (TPSA) is 58.9 Å². The number of pyridine rings is 1. The van der Waals surface area contributed by atoms with Gasteiger partial charge in [0.1, 0.15) is 6.10 Å². The summed E-state index contributed by atoms with van der Waals surface area (Å²) in [5.41, 5.74) is 3.87. The Morgan fingerprint density at radius 2 is 2.10 bits per heavy atom. The minimum Gasteiger partial charge on any atom is -0.370 e. The molecule has 1 atom stereocenters. The highest BCUT2D eigenvalue weighted by molar-refractivity contribution is 5.80. The van der Waals surface area contributed by atoms with E-state index < -0.39 is 0 Å². The summed E-state index contributed by atoms with van der Waals surface area (Å²) in [5.74, 6) is 0.951. The second-order valence-corrected chi connectivity index (χ2v) is 7.84. The van der Waals surface area contributed by atoms with Crippen LogP contribution in [0.4, 0.5) is 0 Å². The highest BCUT2D eigenvalue weighted by Crippen LogP contribution is 2.25. The number of nitrogens with one attached hydrogen (secondary N) is 1. The lowest BCUT2D eigenvalue weighted by Crippen LogP contribution is -2.48. The van der Waals surface area contributed by atoms with Crippen molar-refractivity contribution in [3.63, 3.8) is 0 Å². The first kappa shape index (κ1) is 22.1. The maximum absolute atomic E-state index is 11.8. The van der Waals surface area contributed by atoms with Gasteiger partial charge >= 0.3 is 0 Å². The van der Waals surface area contributed by atoms with E-state index in [-0.39, 0.29) is 11.7 Å². The zero-order valence-corrected chi connectivity index (χ0v) is 18.4. The second kappa shape index (κ2) is 11.0. The summed E-state index contributed by atoms with van der Waals surface area (Å²) in [6.45, 7) is 11.0. The van der Waals surface area contributed by atoms with E-state index in [0.717, 1.165) is 51.5 Å². The molecule has 1 saturated heterocycles. The van der Waals surface area contributed by atoms with Crippen LogP contribution in [-0.2, 0) is 11.3 Å². The Balaban J connectivity index is 1.57. The summed E-state index contributed by atoms with van der Waals surface area (Å²) in [4.78, 5) is 18.9. The zero-order valence-electron chi connectivity index (χ0n) is 18.4. The van der Waals surface area contributed by atoms with Crippen LogP contribution >= 0.6 is 0 Å². The molecule has 1 aliphatic heterocycles. The number of ether oxygens (including phenoxy) is 1. The van der Waals surface area contributed by atoms with E-state index in [1.54, 1.807) is 16.7 Å². The summed E-state index contributed by atoms with van der Waals surface area (Å²) in [6, 6.07) is 11.8. The van der Waals surface area contributed by atoms with Crippen molar-refractivity contribution in [2.75, 3.05) is 32.8 Å². The molecule has 3 rings (SSSR count). The van der Waals surface area contributed by atoms with Crippen molar-refractivity contribution in [3.8, 4) is 0 Å². The van der Waals surface area contributed by atoms with E-state index in [1.165, 1.54) is 16.7 Å². The van der Waals surface area contributed by atoms with E-state index in [1.807, 2.05) is 12.3 Å². The number of aromatic nitrogens is 1. The van der Waals surface area contributed by atoms with Crippen molar-refractivity contribution in [2.45, 2.75) is 46.3 Å². The molecule has 2 aromatic rings. The van der Waals surface area contributed by atoms with Gasteiger partial charge in [0.2, 0.25) is 5.56 Å². The Hall–Kier alpha value is -2.60. The van der Waals surface area contributed by atoms with Crippen LogP contribution in [0.15, 0.2) is 52.4 Å². The Morgan fingerprint density at radius 3 is 2.87 bits per heavy atom. The van der Waals surface area contributed by atoms with Gasteiger partial charge in [-0.25, -0.2) is 0 Å². The van der Waals surface area contributed by atoms with Crippen molar-refractivity contribution in [1.82, 2.24) is 14.8 Å². The second-order valence-electron chi connectivity index (χ2n) is 7.84. The Kier molecular flexibility index (Phi) is 8.08. The molecular weight excluding hydrogens is 376 g/mol. The van der Waals surface area contributed by atoms with Gasteiger partial charge in [-0.05, 0) is 50.8 Å². The number of hydrogen-bond donors (Lipinski definition) is 1. The molecule has 162 valence electrons. The molecule has 2 heterocycles. The number of benzene rings is 1. The molecule has 1 N–H and O–H groups in total. The van der Waals surface area contributed by atoms with Gasteiger partial charge in [-0.2, -0.15) is 0 Å². The lowest BCUT2D eigenvalue weighted by atomic mass is 10.00. The molecule has 0 radical (unpaired) electrons. The van der Waals surface area contributed by atoms with Crippen LogP contribution in [0.3, 0.4) is 0 Å². The van der Waals surface area contributed by atoms with Crippen LogP contribution in [0.25, 0.3) is 0 Å². The predicted molar refractivity (Wildman–Crippen MR) is 122 cm³/mol. The third-order valence-electron chi connectivity index (χ3n) is 5.44. The molecule has 1 aromatic heterocycles. The standard InChI is InChI=1S/C24H34N4O2/c1-4-25-24(26-12-6-8-14-27-13-7-5-9-23(27)29)28-15-16-30-22(18-28)21-11-10-19(2)17-20(21)3/h5,7,9-11,13,17,22H,4,6,8,12,14-16,18H2,1-3H3,(H,25,26).